The van der Waals surface area contributed by atoms with Crippen molar-refractivity contribution in [2.24, 2.45) is 0 Å². The lowest BCUT2D eigenvalue weighted by Crippen LogP contribution is -2.33. The zero-order chi connectivity index (χ0) is 9.19. The summed E-state index contributed by atoms with van der Waals surface area (Å²) in [4.78, 5) is 11.9. The highest BCUT2D eigenvalue weighted by Gasteiger charge is 2.30. The van der Waals surface area contributed by atoms with Crippen LogP contribution in [0.25, 0.3) is 0 Å². The molecule has 0 aromatic rings. The van der Waals surface area contributed by atoms with Crippen molar-refractivity contribution in [1.29, 1.82) is 0 Å². The molecule has 5 heteroatoms. The molecule has 0 radical (unpaired) electrons. The summed E-state index contributed by atoms with van der Waals surface area (Å²) in [5, 5.41) is 0. The average Bonchev–Trinajstić information content (AvgIpc) is 2.31. The lowest BCUT2D eigenvalue weighted by atomic mass is 10.2. The van der Waals surface area contributed by atoms with Crippen molar-refractivity contribution < 1.29 is 13.2 Å². The van der Waals surface area contributed by atoms with E-state index in [9.17, 15) is 13.2 Å². The largest absolute Gasteiger partial charge is 0.302 e. The molecule has 0 amide bonds. The maximum atomic E-state index is 11.0. The first-order chi connectivity index (χ1) is 5.55. The number of likely N-dealkylation sites (N-methyl/N-ethyl adjacent to an activating group) is 1. The van der Waals surface area contributed by atoms with Gasteiger partial charge in [-0.3, -0.25) is 4.90 Å². The second-order valence-electron chi connectivity index (χ2n) is 3.16. The standard InChI is InChI=1S/C7H13NO3S/c1-8(3-4-9)7-2-5-12(10,11)6-7/h4,7H,2-3,5-6H2,1H3. The van der Waals surface area contributed by atoms with Gasteiger partial charge in [-0.05, 0) is 13.5 Å². The molecule has 1 unspecified atom stereocenters. The molecule has 70 valence electrons. The van der Waals surface area contributed by atoms with Crippen LogP contribution in [0.5, 0.6) is 0 Å². The van der Waals surface area contributed by atoms with Crippen molar-refractivity contribution in [3.8, 4) is 0 Å². The summed E-state index contributed by atoms with van der Waals surface area (Å²) in [6.07, 6.45) is 1.46. The molecule has 12 heavy (non-hydrogen) atoms. The molecule has 0 saturated carbocycles. The van der Waals surface area contributed by atoms with Gasteiger partial charge in [0.2, 0.25) is 0 Å². The van der Waals surface area contributed by atoms with Gasteiger partial charge in [-0.2, -0.15) is 0 Å². The summed E-state index contributed by atoms with van der Waals surface area (Å²) in [5.41, 5.74) is 0. The van der Waals surface area contributed by atoms with Gasteiger partial charge in [0.1, 0.15) is 6.29 Å². The fourth-order valence-corrected chi connectivity index (χ4v) is 3.19. The van der Waals surface area contributed by atoms with E-state index in [1.54, 1.807) is 11.9 Å². The summed E-state index contributed by atoms with van der Waals surface area (Å²) in [6.45, 7) is 0.320. The minimum absolute atomic E-state index is 0.0419. The molecule has 1 aliphatic heterocycles. The normalized spacial score (nSPS) is 27.7. The summed E-state index contributed by atoms with van der Waals surface area (Å²) in [7, 11) is -1.04. The van der Waals surface area contributed by atoms with Crippen LogP contribution in [-0.2, 0) is 14.6 Å². The number of aldehydes is 1. The Balaban J connectivity index is 2.52. The second kappa shape index (κ2) is 3.53. The Morgan fingerprint density at radius 3 is 2.67 bits per heavy atom. The average molecular weight is 191 g/mol. The Kier molecular flexibility index (Phi) is 2.85. The molecule has 1 rings (SSSR count). The van der Waals surface area contributed by atoms with Crippen molar-refractivity contribution in [2.45, 2.75) is 12.5 Å². The van der Waals surface area contributed by atoms with Crippen molar-refractivity contribution in [1.82, 2.24) is 4.90 Å². The smallest absolute Gasteiger partial charge is 0.151 e. The molecule has 4 nitrogen and oxygen atoms in total. The number of hydrogen-bond acceptors (Lipinski definition) is 4. The van der Waals surface area contributed by atoms with E-state index in [1.807, 2.05) is 0 Å². The van der Waals surface area contributed by atoms with Crippen LogP contribution >= 0.6 is 0 Å². The topological polar surface area (TPSA) is 54.5 Å². The SMILES string of the molecule is CN(CC=O)C1CCS(=O)(=O)C1. The summed E-state index contributed by atoms with van der Waals surface area (Å²) in [6, 6.07) is 0.0419. The van der Waals surface area contributed by atoms with Gasteiger partial charge < -0.3 is 4.79 Å². The Morgan fingerprint density at radius 1 is 1.58 bits per heavy atom. The molecule has 0 aromatic carbocycles. The molecule has 0 aromatic heterocycles. The molecule has 0 N–H and O–H groups in total. The fraction of sp³-hybridized carbons (Fsp3) is 0.857. The first kappa shape index (κ1) is 9.67. The monoisotopic (exact) mass is 191 g/mol. The van der Waals surface area contributed by atoms with Crippen molar-refractivity contribution >= 4 is 16.1 Å². The zero-order valence-corrected chi connectivity index (χ0v) is 7.88. The first-order valence-electron chi connectivity index (χ1n) is 3.89. The van der Waals surface area contributed by atoms with E-state index >= 15 is 0 Å². The number of carbonyl (C=O) groups is 1. The van der Waals surface area contributed by atoms with Crippen molar-refractivity contribution in [3.05, 3.63) is 0 Å². The predicted octanol–water partition coefficient (Wildman–Crippen LogP) is -0.696. The quantitative estimate of drug-likeness (QED) is 0.554. The Labute approximate surface area is 72.5 Å². The number of hydrogen-bond donors (Lipinski definition) is 0. The highest BCUT2D eigenvalue weighted by molar-refractivity contribution is 7.91. The van der Waals surface area contributed by atoms with Gasteiger partial charge in [-0.25, -0.2) is 8.42 Å². The molecule has 0 bridgehead atoms. The van der Waals surface area contributed by atoms with Crippen LogP contribution in [0.15, 0.2) is 0 Å². The minimum atomic E-state index is -2.82. The van der Waals surface area contributed by atoms with E-state index in [0.717, 1.165) is 6.29 Å². The van der Waals surface area contributed by atoms with E-state index in [4.69, 9.17) is 0 Å². The van der Waals surface area contributed by atoms with Gasteiger partial charge in [0.25, 0.3) is 0 Å². The van der Waals surface area contributed by atoms with Gasteiger partial charge in [0.05, 0.1) is 18.1 Å². The van der Waals surface area contributed by atoms with E-state index < -0.39 is 9.84 Å². The van der Waals surface area contributed by atoms with E-state index in [2.05, 4.69) is 0 Å². The van der Waals surface area contributed by atoms with E-state index in [-0.39, 0.29) is 17.5 Å². The highest BCUT2D eigenvalue weighted by Crippen LogP contribution is 2.15. The molecular formula is C7H13NO3S. The molecule has 0 spiro atoms. The zero-order valence-electron chi connectivity index (χ0n) is 7.06. The summed E-state index contributed by atoms with van der Waals surface area (Å²) in [5.74, 6) is 0.470. The van der Waals surface area contributed by atoms with Gasteiger partial charge in [0.15, 0.2) is 9.84 Å². The maximum absolute atomic E-state index is 11.0. The third-order valence-electron chi connectivity index (χ3n) is 2.19. The number of sulfone groups is 1. The molecular weight excluding hydrogens is 178 g/mol. The molecule has 1 heterocycles. The third-order valence-corrected chi connectivity index (χ3v) is 3.94. The summed E-state index contributed by atoms with van der Waals surface area (Å²) >= 11 is 0. The molecule has 1 atom stereocenters. The maximum Gasteiger partial charge on any atom is 0.151 e. The summed E-state index contributed by atoms with van der Waals surface area (Å²) < 4.78 is 22.1. The van der Waals surface area contributed by atoms with Gasteiger partial charge in [0, 0.05) is 6.04 Å². The van der Waals surface area contributed by atoms with E-state index in [0.29, 0.717) is 13.0 Å². The Hall–Kier alpha value is -0.420. The molecule has 1 fully saturated rings. The van der Waals surface area contributed by atoms with Crippen LogP contribution in [0, 0.1) is 0 Å². The first-order valence-corrected chi connectivity index (χ1v) is 5.71. The Bertz CT molecular complexity index is 260. The van der Waals surface area contributed by atoms with Crippen LogP contribution in [0.1, 0.15) is 6.42 Å². The predicted molar refractivity (Wildman–Crippen MR) is 45.8 cm³/mol. The van der Waals surface area contributed by atoms with Crippen molar-refractivity contribution in [3.63, 3.8) is 0 Å². The number of nitrogens with zero attached hydrogens (tertiary/aromatic N) is 1. The number of rotatable bonds is 3. The van der Waals surface area contributed by atoms with Crippen LogP contribution in [0.2, 0.25) is 0 Å². The van der Waals surface area contributed by atoms with Crippen LogP contribution in [0.3, 0.4) is 0 Å². The molecule has 1 saturated heterocycles. The Morgan fingerprint density at radius 2 is 2.25 bits per heavy atom. The molecule has 1 aliphatic rings. The third kappa shape index (κ3) is 2.28. The fourth-order valence-electron chi connectivity index (χ4n) is 1.39. The lowest BCUT2D eigenvalue weighted by molar-refractivity contribution is -0.108. The second-order valence-corrected chi connectivity index (χ2v) is 5.39. The van der Waals surface area contributed by atoms with Crippen molar-refractivity contribution in [2.75, 3.05) is 25.1 Å². The highest BCUT2D eigenvalue weighted by atomic mass is 32.2. The minimum Gasteiger partial charge on any atom is -0.302 e. The number of carbonyl (C=O) groups excluding carboxylic acids is 1. The van der Waals surface area contributed by atoms with E-state index in [1.165, 1.54) is 0 Å². The van der Waals surface area contributed by atoms with Crippen LogP contribution in [0.4, 0.5) is 0 Å². The van der Waals surface area contributed by atoms with Crippen LogP contribution < -0.4 is 0 Å². The van der Waals surface area contributed by atoms with Crippen LogP contribution in [-0.4, -0.2) is 50.7 Å². The van der Waals surface area contributed by atoms with Gasteiger partial charge in [-0.1, -0.05) is 0 Å². The van der Waals surface area contributed by atoms with Gasteiger partial charge in [-0.15, -0.1) is 0 Å². The lowest BCUT2D eigenvalue weighted by Gasteiger charge is -2.19. The van der Waals surface area contributed by atoms with Gasteiger partial charge >= 0.3 is 0 Å². The molecule has 0 aliphatic carbocycles.